The fraction of sp³-hybridized carbons (Fsp3) is 0.615. The molecule has 0 aliphatic carbocycles. The molecule has 1 unspecified atom stereocenters. The molecule has 1 atom stereocenters. The van der Waals surface area contributed by atoms with Crippen molar-refractivity contribution in [3.63, 3.8) is 0 Å². The summed E-state index contributed by atoms with van der Waals surface area (Å²) in [6.45, 7) is 4.52. The van der Waals surface area contributed by atoms with Gasteiger partial charge in [-0.1, -0.05) is 11.6 Å². The van der Waals surface area contributed by atoms with Crippen molar-refractivity contribution < 1.29 is 4.74 Å². The van der Waals surface area contributed by atoms with Gasteiger partial charge in [0.1, 0.15) is 5.15 Å². The molecule has 18 heavy (non-hydrogen) atoms. The third-order valence-corrected chi connectivity index (χ3v) is 3.82. The summed E-state index contributed by atoms with van der Waals surface area (Å²) in [6.07, 6.45) is 2.35. The maximum absolute atomic E-state index is 6.05. The van der Waals surface area contributed by atoms with Gasteiger partial charge in [-0.25, -0.2) is 4.98 Å². The number of morpholine rings is 1. The molecule has 2 fully saturated rings. The molecule has 98 valence electrons. The molecule has 0 aromatic carbocycles. The summed E-state index contributed by atoms with van der Waals surface area (Å²) in [4.78, 5) is 6.90. The normalized spacial score (nSPS) is 24.5. The van der Waals surface area contributed by atoms with Crippen LogP contribution in [-0.2, 0) is 4.74 Å². The molecular formula is C13H18ClN3O. The summed E-state index contributed by atoms with van der Waals surface area (Å²) < 4.78 is 5.41. The Bertz CT molecular complexity index is 415. The quantitative estimate of drug-likeness (QED) is 0.832. The van der Waals surface area contributed by atoms with Gasteiger partial charge in [0.25, 0.3) is 0 Å². The molecule has 0 saturated carbocycles. The minimum absolute atomic E-state index is 0.349. The van der Waals surface area contributed by atoms with E-state index >= 15 is 0 Å². The molecule has 1 aromatic heterocycles. The molecule has 4 nitrogen and oxygen atoms in total. The third-order valence-electron chi connectivity index (χ3n) is 3.61. The predicted octanol–water partition coefficient (Wildman–Crippen LogP) is 2.00. The van der Waals surface area contributed by atoms with E-state index in [9.17, 15) is 0 Å². The van der Waals surface area contributed by atoms with E-state index in [2.05, 4.69) is 21.3 Å². The molecule has 0 amide bonds. The molecule has 0 spiro atoms. The van der Waals surface area contributed by atoms with Crippen LogP contribution in [0.5, 0.6) is 0 Å². The van der Waals surface area contributed by atoms with Crippen molar-refractivity contribution in [2.45, 2.75) is 18.9 Å². The SMILES string of the molecule is Clc1ccc(N2CCOCC2)c(C2CCCN2)n1. The van der Waals surface area contributed by atoms with Crippen LogP contribution in [0.15, 0.2) is 12.1 Å². The summed E-state index contributed by atoms with van der Waals surface area (Å²) >= 11 is 6.05. The van der Waals surface area contributed by atoms with E-state index in [0.29, 0.717) is 11.2 Å². The molecule has 5 heteroatoms. The third kappa shape index (κ3) is 2.46. The number of aromatic nitrogens is 1. The number of rotatable bonds is 2. The van der Waals surface area contributed by atoms with Crippen LogP contribution < -0.4 is 10.2 Å². The number of hydrogen-bond acceptors (Lipinski definition) is 4. The highest BCUT2D eigenvalue weighted by atomic mass is 35.5. The fourth-order valence-corrected chi connectivity index (χ4v) is 2.84. The Morgan fingerprint density at radius 3 is 2.89 bits per heavy atom. The molecule has 0 bridgehead atoms. The van der Waals surface area contributed by atoms with E-state index in [4.69, 9.17) is 16.3 Å². The minimum Gasteiger partial charge on any atom is -0.378 e. The van der Waals surface area contributed by atoms with Crippen LogP contribution >= 0.6 is 11.6 Å². The Morgan fingerprint density at radius 2 is 2.17 bits per heavy atom. The smallest absolute Gasteiger partial charge is 0.129 e. The minimum atomic E-state index is 0.349. The first-order valence-corrected chi connectivity index (χ1v) is 6.95. The first-order chi connectivity index (χ1) is 8.84. The average molecular weight is 268 g/mol. The van der Waals surface area contributed by atoms with Crippen molar-refractivity contribution in [1.82, 2.24) is 10.3 Å². The van der Waals surface area contributed by atoms with Crippen molar-refractivity contribution in [2.24, 2.45) is 0 Å². The highest BCUT2D eigenvalue weighted by molar-refractivity contribution is 6.29. The van der Waals surface area contributed by atoms with Gasteiger partial charge in [-0.15, -0.1) is 0 Å². The van der Waals surface area contributed by atoms with E-state index < -0.39 is 0 Å². The van der Waals surface area contributed by atoms with Crippen molar-refractivity contribution in [3.8, 4) is 0 Å². The fourth-order valence-electron chi connectivity index (χ4n) is 2.69. The van der Waals surface area contributed by atoms with Gasteiger partial charge in [-0.3, -0.25) is 0 Å². The lowest BCUT2D eigenvalue weighted by Gasteiger charge is -2.31. The molecule has 1 aromatic rings. The van der Waals surface area contributed by atoms with Crippen LogP contribution in [0.2, 0.25) is 5.15 Å². The lowest BCUT2D eigenvalue weighted by atomic mass is 10.1. The van der Waals surface area contributed by atoms with Crippen LogP contribution in [0.4, 0.5) is 5.69 Å². The monoisotopic (exact) mass is 267 g/mol. The predicted molar refractivity (Wildman–Crippen MR) is 72.3 cm³/mol. The van der Waals surface area contributed by atoms with Crippen LogP contribution in [0.3, 0.4) is 0 Å². The second-order valence-corrected chi connectivity index (χ2v) is 5.17. The Balaban J connectivity index is 1.91. The van der Waals surface area contributed by atoms with E-state index in [1.165, 1.54) is 12.1 Å². The van der Waals surface area contributed by atoms with E-state index in [1.807, 2.05) is 6.07 Å². The van der Waals surface area contributed by atoms with Crippen LogP contribution in [-0.4, -0.2) is 37.8 Å². The molecule has 2 aliphatic heterocycles. The largest absolute Gasteiger partial charge is 0.378 e. The van der Waals surface area contributed by atoms with Crippen LogP contribution in [0.25, 0.3) is 0 Å². The van der Waals surface area contributed by atoms with Gasteiger partial charge in [0.05, 0.1) is 30.6 Å². The molecule has 3 heterocycles. The molecule has 1 N–H and O–H groups in total. The second-order valence-electron chi connectivity index (χ2n) is 4.79. The van der Waals surface area contributed by atoms with Gasteiger partial charge in [-0.05, 0) is 31.5 Å². The van der Waals surface area contributed by atoms with E-state index in [1.54, 1.807) is 0 Å². The summed E-state index contributed by atoms with van der Waals surface area (Å²) in [5.41, 5.74) is 2.31. The van der Waals surface area contributed by atoms with Crippen molar-refractivity contribution in [2.75, 3.05) is 37.7 Å². The molecule has 2 aliphatic rings. The lowest BCUT2D eigenvalue weighted by Crippen LogP contribution is -2.37. The number of anilines is 1. The Hall–Kier alpha value is -0.840. The Labute approximate surface area is 112 Å². The number of hydrogen-bond donors (Lipinski definition) is 1. The van der Waals surface area contributed by atoms with Gasteiger partial charge in [0.2, 0.25) is 0 Å². The number of pyridine rings is 1. The van der Waals surface area contributed by atoms with Crippen LogP contribution in [0, 0.1) is 0 Å². The zero-order chi connectivity index (χ0) is 12.4. The summed E-state index contributed by atoms with van der Waals surface area (Å²) in [6, 6.07) is 4.32. The zero-order valence-electron chi connectivity index (χ0n) is 10.4. The maximum Gasteiger partial charge on any atom is 0.129 e. The van der Waals surface area contributed by atoms with Crippen molar-refractivity contribution in [3.05, 3.63) is 23.0 Å². The molecular weight excluding hydrogens is 250 g/mol. The number of halogens is 1. The summed E-state index contributed by atoms with van der Waals surface area (Å²) in [5, 5.41) is 4.08. The number of ether oxygens (including phenoxy) is 1. The average Bonchev–Trinajstić information content (AvgIpc) is 2.93. The van der Waals surface area contributed by atoms with Gasteiger partial charge in [-0.2, -0.15) is 0 Å². The zero-order valence-corrected chi connectivity index (χ0v) is 11.1. The summed E-state index contributed by atoms with van der Waals surface area (Å²) in [7, 11) is 0. The Morgan fingerprint density at radius 1 is 1.33 bits per heavy atom. The van der Waals surface area contributed by atoms with Gasteiger partial charge in [0, 0.05) is 13.1 Å². The molecule has 2 saturated heterocycles. The Kier molecular flexibility index (Phi) is 3.68. The summed E-state index contributed by atoms with van der Waals surface area (Å²) in [5.74, 6) is 0. The first-order valence-electron chi connectivity index (χ1n) is 6.57. The van der Waals surface area contributed by atoms with Gasteiger partial charge < -0.3 is 15.0 Å². The molecule has 3 rings (SSSR count). The maximum atomic E-state index is 6.05. The van der Waals surface area contributed by atoms with E-state index in [-0.39, 0.29) is 0 Å². The lowest BCUT2D eigenvalue weighted by molar-refractivity contribution is 0.122. The second kappa shape index (κ2) is 5.43. The van der Waals surface area contributed by atoms with Crippen molar-refractivity contribution in [1.29, 1.82) is 0 Å². The van der Waals surface area contributed by atoms with Gasteiger partial charge in [0.15, 0.2) is 0 Å². The highest BCUT2D eigenvalue weighted by Gasteiger charge is 2.24. The van der Waals surface area contributed by atoms with E-state index in [0.717, 1.165) is 45.0 Å². The first kappa shape index (κ1) is 12.2. The highest BCUT2D eigenvalue weighted by Crippen LogP contribution is 2.31. The topological polar surface area (TPSA) is 37.4 Å². The number of nitrogens with zero attached hydrogens (tertiary/aromatic N) is 2. The molecule has 0 radical (unpaired) electrons. The number of nitrogens with one attached hydrogen (secondary N) is 1. The van der Waals surface area contributed by atoms with Crippen molar-refractivity contribution >= 4 is 17.3 Å². The standard InChI is InChI=1S/C13H18ClN3O/c14-12-4-3-11(17-6-8-18-9-7-17)13(16-12)10-2-1-5-15-10/h3-4,10,15H,1-2,5-9H2. The van der Waals surface area contributed by atoms with Gasteiger partial charge >= 0.3 is 0 Å². The van der Waals surface area contributed by atoms with Crippen LogP contribution in [0.1, 0.15) is 24.6 Å².